The van der Waals surface area contributed by atoms with E-state index in [0.717, 1.165) is 29.7 Å². The third-order valence-electron chi connectivity index (χ3n) is 2.83. The lowest BCUT2D eigenvalue weighted by atomic mass is 10.1. The first-order chi connectivity index (χ1) is 8.61. The number of aromatic nitrogens is 1. The molecule has 0 unspecified atom stereocenters. The summed E-state index contributed by atoms with van der Waals surface area (Å²) < 4.78 is 13.8. The molecule has 0 aliphatic heterocycles. The van der Waals surface area contributed by atoms with E-state index >= 15 is 0 Å². The standard InChI is InChI=1S/C15H19FN2/c1-4-17-14-9-11(8-10(2)3)18-15-12(14)6-5-7-13(15)16/h5-7,9-10H,4,8H2,1-3H3,(H,17,18). The van der Waals surface area contributed by atoms with Crippen LogP contribution in [0.25, 0.3) is 10.9 Å². The van der Waals surface area contributed by atoms with Crippen LogP contribution in [0.3, 0.4) is 0 Å². The molecule has 1 heterocycles. The minimum atomic E-state index is -0.253. The van der Waals surface area contributed by atoms with Crippen molar-refractivity contribution in [3.63, 3.8) is 0 Å². The second-order valence-corrected chi connectivity index (χ2v) is 4.93. The number of hydrogen-bond acceptors (Lipinski definition) is 2. The number of nitrogens with one attached hydrogen (secondary N) is 1. The number of hydrogen-bond donors (Lipinski definition) is 1. The zero-order valence-electron chi connectivity index (χ0n) is 11.1. The Morgan fingerprint density at radius 1 is 1.33 bits per heavy atom. The van der Waals surface area contributed by atoms with Gasteiger partial charge in [0.2, 0.25) is 0 Å². The molecule has 18 heavy (non-hydrogen) atoms. The summed E-state index contributed by atoms with van der Waals surface area (Å²) in [6.07, 6.45) is 0.864. The lowest BCUT2D eigenvalue weighted by Crippen LogP contribution is -2.03. The van der Waals surface area contributed by atoms with Crippen LogP contribution in [0, 0.1) is 11.7 Å². The number of rotatable bonds is 4. The molecule has 0 spiro atoms. The molecular formula is C15H19FN2. The number of halogens is 1. The van der Waals surface area contributed by atoms with E-state index in [0.29, 0.717) is 11.4 Å². The van der Waals surface area contributed by atoms with Crippen LogP contribution in [-0.2, 0) is 6.42 Å². The lowest BCUT2D eigenvalue weighted by molar-refractivity contribution is 0.625. The topological polar surface area (TPSA) is 24.9 Å². The minimum Gasteiger partial charge on any atom is -0.385 e. The first kappa shape index (κ1) is 12.8. The number of nitrogens with zero attached hydrogens (tertiary/aromatic N) is 1. The van der Waals surface area contributed by atoms with Gasteiger partial charge in [-0.05, 0) is 31.4 Å². The number of para-hydroxylation sites is 1. The van der Waals surface area contributed by atoms with E-state index in [1.807, 2.05) is 19.1 Å². The number of fused-ring (bicyclic) bond motifs is 1. The Morgan fingerprint density at radius 2 is 2.11 bits per heavy atom. The van der Waals surface area contributed by atoms with Crippen molar-refractivity contribution in [2.45, 2.75) is 27.2 Å². The third kappa shape index (κ3) is 2.61. The summed E-state index contributed by atoms with van der Waals surface area (Å²) in [6, 6.07) is 7.13. The lowest BCUT2D eigenvalue weighted by Gasteiger charge is -2.12. The molecule has 0 aliphatic carbocycles. The van der Waals surface area contributed by atoms with Crippen LogP contribution in [0.2, 0.25) is 0 Å². The van der Waals surface area contributed by atoms with Gasteiger partial charge in [-0.15, -0.1) is 0 Å². The number of anilines is 1. The Bertz CT molecular complexity index is 549. The summed E-state index contributed by atoms with van der Waals surface area (Å²) in [6.45, 7) is 7.13. The highest BCUT2D eigenvalue weighted by Crippen LogP contribution is 2.26. The Balaban J connectivity index is 2.59. The summed E-state index contributed by atoms with van der Waals surface area (Å²) in [4.78, 5) is 4.44. The molecule has 2 rings (SSSR count). The van der Waals surface area contributed by atoms with E-state index in [4.69, 9.17) is 0 Å². The summed E-state index contributed by atoms with van der Waals surface area (Å²) in [5.74, 6) is 0.258. The molecule has 0 bridgehead atoms. The molecule has 0 atom stereocenters. The van der Waals surface area contributed by atoms with Crippen LogP contribution in [0.4, 0.5) is 10.1 Å². The molecular weight excluding hydrogens is 227 g/mol. The summed E-state index contributed by atoms with van der Waals surface area (Å²) in [5.41, 5.74) is 2.38. The quantitative estimate of drug-likeness (QED) is 0.881. The van der Waals surface area contributed by atoms with Gasteiger partial charge in [-0.1, -0.05) is 26.0 Å². The van der Waals surface area contributed by atoms with Gasteiger partial charge >= 0.3 is 0 Å². The first-order valence-corrected chi connectivity index (χ1v) is 6.43. The summed E-state index contributed by atoms with van der Waals surface area (Å²) in [7, 11) is 0. The van der Waals surface area contributed by atoms with Gasteiger partial charge in [-0.3, -0.25) is 0 Å². The fourth-order valence-corrected chi connectivity index (χ4v) is 2.13. The third-order valence-corrected chi connectivity index (χ3v) is 2.83. The van der Waals surface area contributed by atoms with Gasteiger partial charge in [0.1, 0.15) is 11.3 Å². The molecule has 1 aromatic carbocycles. The van der Waals surface area contributed by atoms with E-state index in [-0.39, 0.29) is 5.82 Å². The van der Waals surface area contributed by atoms with Crippen LogP contribution in [-0.4, -0.2) is 11.5 Å². The monoisotopic (exact) mass is 246 g/mol. The fourth-order valence-electron chi connectivity index (χ4n) is 2.13. The van der Waals surface area contributed by atoms with Gasteiger partial charge in [-0.2, -0.15) is 0 Å². The summed E-state index contributed by atoms with van der Waals surface area (Å²) in [5, 5.41) is 4.14. The maximum absolute atomic E-state index is 13.8. The molecule has 2 nitrogen and oxygen atoms in total. The molecule has 1 aromatic heterocycles. The average molecular weight is 246 g/mol. The maximum Gasteiger partial charge on any atom is 0.149 e. The molecule has 0 aliphatic rings. The normalized spacial score (nSPS) is 11.2. The van der Waals surface area contributed by atoms with Crippen molar-refractivity contribution < 1.29 is 4.39 Å². The van der Waals surface area contributed by atoms with E-state index in [1.54, 1.807) is 6.07 Å². The Labute approximate surface area is 107 Å². The molecule has 0 saturated carbocycles. The highest BCUT2D eigenvalue weighted by atomic mass is 19.1. The van der Waals surface area contributed by atoms with Gasteiger partial charge in [0.25, 0.3) is 0 Å². The predicted octanol–water partition coefficient (Wildman–Crippen LogP) is 4.00. The van der Waals surface area contributed by atoms with Crippen LogP contribution in [0.1, 0.15) is 26.5 Å². The largest absolute Gasteiger partial charge is 0.385 e. The maximum atomic E-state index is 13.8. The molecule has 3 heteroatoms. The van der Waals surface area contributed by atoms with E-state index in [9.17, 15) is 4.39 Å². The number of pyridine rings is 1. The summed E-state index contributed by atoms with van der Waals surface area (Å²) >= 11 is 0. The van der Waals surface area contributed by atoms with Crippen LogP contribution >= 0.6 is 0 Å². The molecule has 0 amide bonds. The fraction of sp³-hybridized carbons (Fsp3) is 0.400. The van der Waals surface area contributed by atoms with Gasteiger partial charge < -0.3 is 5.32 Å². The SMILES string of the molecule is CCNc1cc(CC(C)C)nc2c(F)cccc12. The van der Waals surface area contributed by atoms with E-state index in [2.05, 4.69) is 24.1 Å². The Morgan fingerprint density at radius 3 is 2.78 bits per heavy atom. The van der Waals surface area contributed by atoms with Crippen molar-refractivity contribution in [1.82, 2.24) is 4.98 Å². The molecule has 0 saturated heterocycles. The Kier molecular flexibility index (Phi) is 3.80. The highest BCUT2D eigenvalue weighted by molar-refractivity contribution is 5.91. The Hall–Kier alpha value is -1.64. The van der Waals surface area contributed by atoms with Gasteiger partial charge in [0.05, 0.1) is 0 Å². The van der Waals surface area contributed by atoms with Crippen molar-refractivity contribution in [3.05, 3.63) is 35.8 Å². The molecule has 2 aromatic rings. The molecule has 0 radical (unpaired) electrons. The predicted molar refractivity (Wildman–Crippen MR) is 74.4 cm³/mol. The first-order valence-electron chi connectivity index (χ1n) is 6.43. The van der Waals surface area contributed by atoms with E-state index in [1.165, 1.54) is 6.07 Å². The van der Waals surface area contributed by atoms with Gasteiger partial charge in [-0.25, -0.2) is 9.37 Å². The van der Waals surface area contributed by atoms with Gasteiger partial charge in [0.15, 0.2) is 0 Å². The molecule has 0 fully saturated rings. The van der Waals surface area contributed by atoms with Gasteiger partial charge in [0, 0.05) is 23.3 Å². The van der Waals surface area contributed by atoms with Crippen LogP contribution in [0.5, 0.6) is 0 Å². The second kappa shape index (κ2) is 5.34. The number of benzene rings is 1. The van der Waals surface area contributed by atoms with Crippen molar-refractivity contribution in [3.8, 4) is 0 Å². The zero-order chi connectivity index (χ0) is 13.1. The smallest absolute Gasteiger partial charge is 0.149 e. The van der Waals surface area contributed by atoms with Crippen molar-refractivity contribution >= 4 is 16.6 Å². The highest BCUT2D eigenvalue weighted by Gasteiger charge is 2.09. The molecule has 96 valence electrons. The van der Waals surface area contributed by atoms with Crippen molar-refractivity contribution in [2.24, 2.45) is 5.92 Å². The van der Waals surface area contributed by atoms with Crippen LogP contribution < -0.4 is 5.32 Å². The van der Waals surface area contributed by atoms with E-state index < -0.39 is 0 Å². The van der Waals surface area contributed by atoms with Crippen molar-refractivity contribution in [1.29, 1.82) is 0 Å². The average Bonchev–Trinajstić information content (AvgIpc) is 2.30. The van der Waals surface area contributed by atoms with Crippen LogP contribution in [0.15, 0.2) is 24.3 Å². The zero-order valence-corrected chi connectivity index (χ0v) is 11.1. The van der Waals surface area contributed by atoms with Crippen molar-refractivity contribution in [2.75, 3.05) is 11.9 Å². The molecule has 1 N–H and O–H groups in total. The second-order valence-electron chi connectivity index (χ2n) is 4.93. The minimum absolute atomic E-state index is 0.253.